The van der Waals surface area contributed by atoms with Gasteiger partial charge in [-0.2, -0.15) is 0 Å². The first-order valence-corrected chi connectivity index (χ1v) is 7.11. The molecule has 1 aromatic heterocycles. The Kier molecular flexibility index (Phi) is 4.39. The first-order chi connectivity index (χ1) is 9.10. The maximum absolute atomic E-state index is 11.5. The molecule has 0 saturated carbocycles. The normalized spacial score (nSPS) is 12.3. The highest BCUT2D eigenvalue weighted by molar-refractivity contribution is 8.02. The molecule has 1 atom stereocenters. The van der Waals surface area contributed by atoms with E-state index in [-0.39, 0.29) is 6.42 Å². The van der Waals surface area contributed by atoms with Gasteiger partial charge < -0.3 is 9.84 Å². The van der Waals surface area contributed by atoms with Gasteiger partial charge in [-0.15, -0.1) is 11.3 Å². The van der Waals surface area contributed by atoms with Crippen LogP contribution in [0.25, 0.3) is 10.2 Å². The highest BCUT2D eigenvalue weighted by Crippen LogP contribution is 2.33. The summed E-state index contributed by atoms with van der Waals surface area (Å²) in [7, 11) is 1.25. The molecule has 1 heterocycles. The van der Waals surface area contributed by atoms with Crippen molar-refractivity contribution in [3.63, 3.8) is 0 Å². The number of carbonyl (C=O) groups excluding carboxylic acids is 1. The van der Waals surface area contributed by atoms with Crippen LogP contribution in [-0.4, -0.2) is 34.4 Å². The Morgan fingerprint density at radius 2 is 2.21 bits per heavy atom. The molecule has 0 aliphatic heterocycles. The lowest BCUT2D eigenvalue weighted by Gasteiger charge is -2.09. The summed E-state index contributed by atoms with van der Waals surface area (Å²) in [5.41, 5.74) is 0.842. The number of aromatic nitrogens is 1. The van der Waals surface area contributed by atoms with Crippen LogP contribution in [-0.2, 0) is 14.3 Å². The summed E-state index contributed by atoms with van der Waals surface area (Å²) in [5, 5.41) is 8.03. The number of nitrogens with zero attached hydrogens (tertiary/aromatic N) is 1. The van der Waals surface area contributed by atoms with Gasteiger partial charge in [0.05, 0.1) is 23.7 Å². The largest absolute Gasteiger partial charge is 0.481 e. The fourth-order valence-electron chi connectivity index (χ4n) is 1.49. The smallest absolute Gasteiger partial charge is 0.319 e. The van der Waals surface area contributed by atoms with Gasteiger partial charge in [0.15, 0.2) is 4.34 Å². The molecule has 0 spiro atoms. The zero-order valence-electron chi connectivity index (χ0n) is 10.0. The SMILES string of the molecule is COC(=O)C(CC(=O)O)Sc1nc2ccccc2s1. The fraction of sp³-hybridized carbons (Fsp3) is 0.250. The minimum atomic E-state index is -1.04. The van der Waals surface area contributed by atoms with Crippen molar-refractivity contribution in [1.82, 2.24) is 4.98 Å². The van der Waals surface area contributed by atoms with Crippen LogP contribution in [0.1, 0.15) is 6.42 Å². The van der Waals surface area contributed by atoms with Crippen molar-refractivity contribution in [3.8, 4) is 0 Å². The fourth-order valence-corrected chi connectivity index (χ4v) is 3.81. The molecule has 2 aromatic rings. The van der Waals surface area contributed by atoms with Gasteiger partial charge in [0, 0.05) is 0 Å². The number of carbonyl (C=O) groups is 2. The zero-order valence-corrected chi connectivity index (χ0v) is 11.7. The Morgan fingerprint density at radius 3 is 2.84 bits per heavy atom. The standard InChI is InChI=1S/C12H11NO4S2/c1-17-11(16)9(6-10(14)15)19-12-13-7-4-2-3-5-8(7)18-12/h2-5,9H,6H2,1H3,(H,14,15). The lowest BCUT2D eigenvalue weighted by atomic mass is 10.3. The third-order valence-electron chi connectivity index (χ3n) is 2.34. The Morgan fingerprint density at radius 1 is 1.47 bits per heavy atom. The molecule has 7 heteroatoms. The van der Waals surface area contributed by atoms with Crippen molar-refractivity contribution in [2.75, 3.05) is 7.11 Å². The number of carboxylic acids is 1. The summed E-state index contributed by atoms with van der Waals surface area (Å²) in [6.45, 7) is 0. The van der Waals surface area contributed by atoms with E-state index in [9.17, 15) is 9.59 Å². The van der Waals surface area contributed by atoms with Crippen LogP contribution in [0.15, 0.2) is 28.6 Å². The predicted octanol–water partition coefficient (Wildman–Crippen LogP) is 2.40. The van der Waals surface area contributed by atoms with Crippen LogP contribution in [0.3, 0.4) is 0 Å². The van der Waals surface area contributed by atoms with E-state index in [4.69, 9.17) is 5.11 Å². The molecule has 1 unspecified atom stereocenters. The molecule has 1 aromatic carbocycles. The number of hydrogen-bond donors (Lipinski definition) is 1. The molecule has 0 aliphatic carbocycles. The van der Waals surface area contributed by atoms with Crippen LogP contribution in [0, 0.1) is 0 Å². The van der Waals surface area contributed by atoms with Gasteiger partial charge in [-0.3, -0.25) is 9.59 Å². The molecule has 100 valence electrons. The molecular formula is C12H11NO4S2. The van der Waals surface area contributed by atoms with Crippen LogP contribution in [0.4, 0.5) is 0 Å². The Balaban J connectivity index is 2.20. The van der Waals surface area contributed by atoms with E-state index in [1.807, 2.05) is 24.3 Å². The average Bonchev–Trinajstić information content (AvgIpc) is 2.78. The molecule has 2 rings (SSSR count). The van der Waals surface area contributed by atoms with Crippen LogP contribution in [0.2, 0.25) is 0 Å². The van der Waals surface area contributed by atoms with E-state index in [1.165, 1.54) is 18.4 Å². The lowest BCUT2D eigenvalue weighted by molar-refractivity contribution is -0.144. The van der Waals surface area contributed by atoms with Crippen molar-refractivity contribution in [1.29, 1.82) is 0 Å². The number of fused-ring (bicyclic) bond motifs is 1. The number of thioether (sulfide) groups is 1. The highest BCUT2D eigenvalue weighted by atomic mass is 32.2. The number of esters is 1. The maximum atomic E-state index is 11.5. The first kappa shape index (κ1) is 13.8. The third kappa shape index (κ3) is 3.45. The molecule has 0 aliphatic rings. The van der Waals surface area contributed by atoms with Gasteiger partial charge in [0.25, 0.3) is 0 Å². The summed E-state index contributed by atoms with van der Waals surface area (Å²) < 4.78 is 6.28. The summed E-state index contributed by atoms with van der Waals surface area (Å²) in [5.74, 6) is -1.59. The molecule has 0 bridgehead atoms. The van der Waals surface area contributed by atoms with Crippen molar-refractivity contribution in [2.45, 2.75) is 16.0 Å². The molecule has 0 amide bonds. The minimum Gasteiger partial charge on any atom is -0.481 e. The Bertz CT molecular complexity index is 578. The zero-order chi connectivity index (χ0) is 13.8. The number of hydrogen-bond acceptors (Lipinski definition) is 6. The number of aliphatic carboxylic acids is 1. The molecule has 19 heavy (non-hydrogen) atoms. The van der Waals surface area contributed by atoms with Gasteiger partial charge in [-0.25, -0.2) is 4.98 Å². The van der Waals surface area contributed by atoms with E-state index in [1.54, 1.807) is 0 Å². The van der Waals surface area contributed by atoms with Crippen molar-refractivity contribution in [2.24, 2.45) is 0 Å². The van der Waals surface area contributed by atoms with Gasteiger partial charge >= 0.3 is 11.9 Å². The van der Waals surface area contributed by atoms with E-state index in [2.05, 4.69) is 9.72 Å². The number of ether oxygens (including phenoxy) is 1. The predicted molar refractivity (Wildman–Crippen MR) is 73.5 cm³/mol. The van der Waals surface area contributed by atoms with Crippen molar-refractivity contribution < 1.29 is 19.4 Å². The molecular weight excluding hydrogens is 286 g/mol. The van der Waals surface area contributed by atoms with Crippen molar-refractivity contribution in [3.05, 3.63) is 24.3 Å². The monoisotopic (exact) mass is 297 g/mol. The first-order valence-electron chi connectivity index (χ1n) is 5.42. The highest BCUT2D eigenvalue weighted by Gasteiger charge is 2.25. The van der Waals surface area contributed by atoms with Crippen LogP contribution >= 0.6 is 23.1 Å². The molecule has 1 N–H and O–H groups in total. The summed E-state index contributed by atoms with van der Waals surface area (Å²) >= 11 is 2.56. The van der Waals surface area contributed by atoms with Gasteiger partial charge in [-0.1, -0.05) is 23.9 Å². The maximum Gasteiger partial charge on any atom is 0.319 e. The van der Waals surface area contributed by atoms with E-state index < -0.39 is 17.2 Å². The number of thiazole rings is 1. The lowest BCUT2D eigenvalue weighted by Crippen LogP contribution is -2.22. The Hall–Kier alpha value is -1.60. The minimum absolute atomic E-state index is 0.284. The summed E-state index contributed by atoms with van der Waals surface area (Å²) in [4.78, 5) is 26.6. The van der Waals surface area contributed by atoms with Crippen molar-refractivity contribution >= 4 is 45.3 Å². The average molecular weight is 297 g/mol. The second kappa shape index (κ2) is 6.03. The van der Waals surface area contributed by atoms with Crippen LogP contribution in [0.5, 0.6) is 0 Å². The number of benzene rings is 1. The number of para-hydroxylation sites is 1. The molecule has 0 saturated heterocycles. The topological polar surface area (TPSA) is 76.5 Å². The molecule has 0 radical (unpaired) electrons. The summed E-state index contributed by atoms with van der Waals surface area (Å²) in [6.07, 6.45) is -0.284. The van der Waals surface area contributed by atoms with E-state index >= 15 is 0 Å². The number of methoxy groups -OCH3 is 1. The van der Waals surface area contributed by atoms with Crippen LogP contribution < -0.4 is 0 Å². The van der Waals surface area contributed by atoms with Gasteiger partial charge in [0.2, 0.25) is 0 Å². The Labute approximate surface area is 117 Å². The molecule has 0 fully saturated rings. The van der Waals surface area contributed by atoms with E-state index in [0.29, 0.717) is 4.34 Å². The second-order valence-electron chi connectivity index (χ2n) is 3.68. The molecule has 5 nitrogen and oxygen atoms in total. The number of carboxylic acid groups (broad SMARTS) is 1. The third-order valence-corrected chi connectivity index (χ3v) is 4.65. The quantitative estimate of drug-likeness (QED) is 0.674. The van der Waals surface area contributed by atoms with E-state index in [0.717, 1.165) is 22.0 Å². The van der Waals surface area contributed by atoms with Gasteiger partial charge in [-0.05, 0) is 12.1 Å². The van der Waals surface area contributed by atoms with Gasteiger partial charge in [0.1, 0.15) is 5.25 Å². The second-order valence-corrected chi connectivity index (χ2v) is 6.16. The summed E-state index contributed by atoms with van der Waals surface area (Å²) in [6, 6.07) is 7.59. The number of rotatable bonds is 5.